The van der Waals surface area contributed by atoms with E-state index in [1.54, 1.807) is 0 Å². The van der Waals surface area contributed by atoms with E-state index in [2.05, 4.69) is 4.98 Å². The molecular weight excluding hydrogens is 180 g/mol. The number of aromatic amines is 1. The zero-order valence-electron chi connectivity index (χ0n) is 7.47. The number of imidazole rings is 1. The van der Waals surface area contributed by atoms with E-state index in [-0.39, 0.29) is 11.6 Å². The highest BCUT2D eigenvalue weighted by Crippen LogP contribution is 2.03. The van der Waals surface area contributed by atoms with E-state index < -0.39 is 0 Å². The van der Waals surface area contributed by atoms with E-state index in [1.165, 1.54) is 10.8 Å². The average Bonchev–Trinajstić information content (AvgIpc) is 2.47. The SMILES string of the molecule is O=c1[nH]c(O)cn1Cc1ccccc1. The van der Waals surface area contributed by atoms with Crippen molar-refractivity contribution in [3.8, 4) is 5.88 Å². The first-order valence-corrected chi connectivity index (χ1v) is 4.28. The van der Waals surface area contributed by atoms with Crippen LogP contribution in [0.25, 0.3) is 0 Å². The van der Waals surface area contributed by atoms with Gasteiger partial charge in [-0.25, -0.2) is 4.79 Å². The molecule has 1 heterocycles. The fourth-order valence-corrected chi connectivity index (χ4v) is 1.32. The molecule has 0 amide bonds. The molecule has 0 bridgehead atoms. The number of aromatic hydroxyl groups is 1. The van der Waals surface area contributed by atoms with Gasteiger partial charge >= 0.3 is 5.69 Å². The molecule has 4 heteroatoms. The van der Waals surface area contributed by atoms with Crippen molar-refractivity contribution in [2.75, 3.05) is 0 Å². The monoisotopic (exact) mass is 190 g/mol. The topological polar surface area (TPSA) is 58.0 Å². The molecule has 72 valence electrons. The largest absolute Gasteiger partial charge is 0.493 e. The molecular formula is C10H10N2O2. The minimum absolute atomic E-state index is 0.106. The molecule has 2 aromatic rings. The zero-order chi connectivity index (χ0) is 9.97. The van der Waals surface area contributed by atoms with Gasteiger partial charge in [0.15, 0.2) is 0 Å². The van der Waals surface area contributed by atoms with Crippen molar-refractivity contribution < 1.29 is 5.11 Å². The smallest absolute Gasteiger partial charge is 0.328 e. The van der Waals surface area contributed by atoms with E-state index in [1.807, 2.05) is 30.3 Å². The molecule has 14 heavy (non-hydrogen) atoms. The number of rotatable bonds is 2. The van der Waals surface area contributed by atoms with Gasteiger partial charge in [-0.05, 0) is 5.56 Å². The number of H-pyrrole nitrogens is 1. The van der Waals surface area contributed by atoms with Crippen LogP contribution in [0.2, 0.25) is 0 Å². The third kappa shape index (κ3) is 1.69. The molecule has 0 aliphatic rings. The minimum Gasteiger partial charge on any atom is -0.493 e. The third-order valence-electron chi connectivity index (χ3n) is 1.97. The summed E-state index contributed by atoms with van der Waals surface area (Å²) < 4.78 is 1.42. The molecule has 0 spiro atoms. The van der Waals surface area contributed by atoms with Crippen LogP contribution in [0.1, 0.15) is 5.56 Å². The van der Waals surface area contributed by atoms with Crippen LogP contribution in [-0.4, -0.2) is 14.7 Å². The normalized spacial score (nSPS) is 10.3. The molecule has 1 aromatic heterocycles. The maximum atomic E-state index is 11.2. The molecule has 0 aliphatic heterocycles. The van der Waals surface area contributed by atoms with Gasteiger partial charge in [-0.15, -0.1) is 0 Å². The maximum absolute atomic E-state index is 11.2. The molecule has 0 aliphatic carbocycles. The predicted molar refractivity (Wildman–Crippen MR) is 52.3 cm³/mol. The van der Waals surface area contributed by atoms with Crippen LogP contribution in [0.5, 0.6) is 5.88 Å². The van der Waals surface area contributed by atoms with Crippen LogP contribution in [0.15, 0.2) is 41.3 Å². The van der Waals surface area contributed by atoms with Crippen LogP contribution >= 0.6 is 0 Å². The van der Waals surface area contributed by atoms with Crippen molar-refractivity contribution in [3.05, 3.63) is 52.6 Å². The van der Waals surface area contributed by atoms with Crippen molar-refractivity contribution in [2.24, 2.45) is 0 Å². The summed E-state index contributed by atoms with van der Waals surface area (Å²) in [7, 11) is 0. The van der Waals surface area contributed by atoms with Crippen molar-refractivity contribution in [1.29, 1.82) is 0 Å². The Labute approximate surface area is 80.4 Å². The number of hydrogen-bond acceptors (Lipinski definition) is 2. The molecule has 2 rings (SSSR count). The van der Waals surface area contributed by atoms with E-state index in [0.29, 0.717) is 6.54 Å². The number of aromatic nitrogens is 2. The molecule has 0 saturated carbocycles. The summed E-state index contributed by atoms with van der Waals surface area (Å²) in [6.45, 7) is 0.469. The highest BCUT2D eigenvalue weighted by molar-refractivity contribution is 5.15. The highest BCUT2D eigenvalue weighted by Gasteiger charge is 2.01. The molecule has 0 saturated heterocycles. The van der Waals surface area contributed by atoms with Gasteiger partial charge < -0.3 is 5.11 Å². The predicted octanol–water partition coefficient (Wildman–Crippen LogP) is 0.930. The number of nitrogens with zero attached hydrogens (tertiary/aromatic N) is 1. The summed E-state index contributed by atoms with van der Waals surface area (Å²) in [5.41, 5.74) is 0.722. The number of hydrogen-bond donors (Lipinski definition) is 2. The minimum atomic E-state index is -0.300. The second-order valence-electron chi connectivity index (χ2n) is 3.06. The molecule has 0 fully saturated rings. The van der Waals surface area contributed by atoms with Crippen LogP contribution in [0.4, 0.5) is 0 Å². The maximum Gasteiger partial charge on any atom is 0.328 e. The Bertz CT molecular complexity index is 470. The lowest BCUT2D eigenvalue weighted by Gasteiger charge is -1.99. The first kappa shape index (κ1) is 8.62. The van der Waals surface area contributed by atoms with Gasteiger partial charge in [0.05, 0.1) is 12.7 Å². The summed E-state index contributed by atoms with van der Waals surface area (Å²) in [5, 5.41) is 9.04. The standard InChI is InChI=1S/C10H10N2O2/c13-9-7-12(10(14)11-9)6-8-4-2-1-3-5-8/h1-5,7,13H,6H2,(H,11,14). The summed E-state index contributed by atoms with van der Waals surface area (Å²) >= 11 is 0. The lowest BCUT2D eigenvalue weighted by molar-refractivity contribution is 0.455. The molecule has 1 aromatic carbocycles. The second kappa shape index (κ2) is 3.41. The van der Waals surface area contributed by atoms with Gasteiger partial charge in [-0.1, -0.05) is 30.3 Å². The number of benzene rings is 1. The van der Waals surface area contributed by atoms with E-state index in [4.69, 9.17) is 5.11 Å². The van der Waals surface area contributed by atoms with Crippen molar-refractivity contribution >= 4 is 0 Å². The molecule has 0 radical (unpaired) electrons. The quantitative estimate of drug-likeness (QED) is 0.740. The van der Waals surface area contributed by atoms with Gasteiger partial charge in [0.1, 0.15) is 0 Å². The first-order chi connectivity index (χ1) is 6.75. The molecule has 0 atom stereocenters. The van der Waals surface area contributed by atoms with Crippen LogP contribution in [0, 0.1) is 0 Å². The Morgan fingerprint density at radius 2 is 2.00 bits per heavy atom. The lowest BCUT2D eigenvalue weighted by atomic mass is 10.2. The van der Waals surface area contributed by atoms with Crippen LogP contribution < -0.4 is 5.69 Å². The fraction of sp³-hybridized carbons (Fsp3) is 0.100. The number of nitrogens with one attached hydrogen (secondary N) is 1. The zero-order valence-corrected chi connectivity index (χ0v) is 7.47. The van der Waals surface area contributed by atoms with Crippen molar-refractivity contribution in [3.63, 3.8) is 0 Å². The average molecular weight is 190 g/mol. The molecule has 2 N–H and O–H groups in total. The third-order valence-corrected chi connectivity index (χ3v) is 1.97. The molecule has 4 nitrogen and oxygen atoms in total. The highest BCUT2D eigenvalue weighted by atomic mass is 16.3. The summed E-state index contributed by atoms with van der Waals surface area (Å²) in [6, 6.07) is 9.59. The Hall–Kier alpha value is -1.97. The van der Waals surface area contributed by atoms with Crippen LogP contribution in [0.3, 0.4) is 0 Å². The Kier molecular flexibility index (Phi) is 2.10. The van der Waals surface area contributed by atoms with E-state index in [9.17, 15) is 4.79 Å². The van der Waals surface area contributed by atoms with Gasteiger partial charge in [0.2, 0.25) is 5.88 Å². The lowest BCUT2D eigenvalue weighted by Crippen LogP contribution is -2.16. The van der Waals surface area contributed by atoms with Gasteiger partial charge in [-0.3, -0.25) is 9.55 Å². The van der Waals surface area contributed by atoms with Crippen molar-refractivity contribution in [1.82, 2.24) is 9.55 Å². The fourth-order valence-electron chi connectivity index (χ4n) is 1.32. The Morgan fingerprint density at radius 1 is 1.29 bits per heavy atom. The molecule has 0 unspecified atom stereocenters. The first-order valence-electron chi connectivity index (χ1n) is 4.28. The Balaban J connectivity index is 2.28. The van der Waals surface area contributed by atoms with E-state index in [0.717, 1.165) is 5.56 Å². The van der Waals surface area contributed by atoms with Crippen molar-refractivity contribution in [2.45, 2.75) is 6.54 Å². The van der Waals surface area contributed by atoms with Gasteiger partial charge in [0, 0.05) is 0 Å². The van der Waals surface area contributed by atoms with E-state index >= 15 is 0 Å². The second-order valence-corrected chi connectivity index (χ2v) is 3.06. The summed E-state index contributed by atoms with van der Waals surface area (Å²) in [6.07, 6.45) is 1.38. The summed E-state index contributed by atoms with van der Waals surface area (Å²) in [4.78, 5) is 13.5. The Morgan fingerprint density at radius 3 is 2.57 bits per heavy atom. The van der Waals surface area contributed by atoms with Gasteiger partial charge in [0.25, 0.3) is 0 Å². The summed E-state index contributed by atoms with van der Waals surface area (Å²) in [5.74, 6) is -0.106. The van der Waals surface area contributed by atoms with Gasteiger partial charge in [-0.2, -0.15) is 0 Å². The van der Waals surface area contributed by atoms with Crippen LogP contribution in [-0.2, 0) is 6.54 Å².